The van der Waals surface area contributed by atoms with Gasteiger partial charge in [-0.3, -0.25) is 14.4 Å². The number of para-hydroxylation sites is 1. The van der Waals surface area contributed by atoms with Crippen molar-refractivity contribution in [3.05, 3.63) is 59.1 Å². The van der Waals surface area contributed by atoms with Gasteiger partial charge in [0.1, 0.15) is 5.75 Å². The molecule has 0 aromatic heterocycles. The van der Waals surface area contributed by atoms with E-state index in [1.165, 1.54) is 12.0 Å². The monoisotopic (exact) mass is 387 g/mol. The van der Waals surface area contributed by atoms with Gasteiger partial charge in [0.15, 0.2) is 12.4 Å². The molecule has 1 atom stereocenters. The van der Waals surface area contributed by atoms with Crippen LogP contribution in [0.1, 0.15) is 16.8 Å². The number of methoxy groups -OCH3 is 1. The van der Waals surface area contributed by atoms with Crippen molar-refractivity contribution in [1.29, 1.82) is 0 Å². The van der Waals surface area contributed by atoms with Crippen LogP contribution in [0.25, 0.3) is 0 Å². The molecule has 3 rings (SSSR count). The third-order valence-electron chi connectivity index (χ3n) is 4.36. The highest BCUT2D eigenvalue weighted by Crippen LogP contribution is 2.31. The molecule has 2 aromatic rings. The number of halogens is 1. The average molecular weight is 388 g/mol. The van der Waals surface area contributed by atoms with Crippen molar-refractivity contribution in [3.63, 3.8) is 0 Å². The Hall–Kier alpha value is -2.86. The first-order valence-electron chi connectivity index (χ1n) is 8.38. The summed E-state index contributed by atoms with van der Waals surface area (Å²) in [6, 6.07) is 13.5. The van der Waals surface area contributed by atoms with Crippen molar-refractivity contribution >= 4 is 34.9 Å². The number of carbonyl (C=O) groups excluding carboxylic acids is 3. The van der Waals surface area contributed by atoms with Gasteiger partial charge in [-0.1, -0.05) is 23.7 Å². The van der Waals surface area contributed by atoms with Crippen LogP contribution < -0.4 is 9.64 Å². The van der Waals surface area contributed by atoms with E-state index in [0.717, 1.165) is 0 Å². The highest BCUT2D eigenvalue weighted by Gasteiger charge is 2.37. The summed E-state index contributed by atoms with van der Waals surface area (Å²) in [6.45, 7) is -0.194. The second-order valence-electron chi connectivity index (χ2n) is 6.12. The fourth-order valence-electron chi connectivity index (χ4n) is 2.88. The molecule has 0 radical (unpaired) electrons. The molecular formula is C20H18ClNO5. The van der Waals surface area contributed by atoms with E-state index in [0.29, 0.717) is 22.0 Å². The molecule has 1 amide bonds. The number of ketones is 1. The number of hydrogen-bond donors (Lipinski definition) is 0. The molecule has 2 aromatic carbocycles. The van der Waals surface area contributed by atoms with E-state index in [2.05, 4.69) is 0 Å². The van der Waals surface area contributed by atoms with Crippen molar-refractivity contribution in [1.82, 2.24) is 0 Å². The fourth-order valence-corrected chi connectivity index (χ4v) is 3.12. The number of carbonyl (C=O) groups is 3. The van der Waals surface area contributed by atoms with Crippen molar-refractivity contribution in [2.75, 3.05) is 25.2 Å². The first-order valence-corrected chi connectivity index (χ1v) is 8.76. The summed E-state index contributed by atoms with van der Waals surface area (Å²) < 4.78 is 10.2. The molecule has 0 aliphatic carbocycles. The molecular weight excluding hydrogens is 370 g/mol. The van der Waals surface area contributed by atoms with Crippen LogP contribution >= 0.6 is 11.6 Å². The number of rotatable bonds is 6. The lowest BCUT2D eigenvalue weighted by Gasteiger charge is -2.17. The zero-order valence-corrected chi connectivity index (χ0v) is 15.4. The quantitative estimate of drug-likeness (QED) is 0.562. The van der Waals surface area contributed by atoms with Gasteiger partial charge in [0.05, 0.1) is 23.7 Å². The minimum Gasteiger partial charge on any atom is -0.497 e. The number of esters is 1. The molecule has 1 aliphatic heterocycles. The Morgan fingerprint density at radius 2 is 1.85 bits per heavy atom. The number of benzene rings is 2. The molecule has 1 aliphatic rings. The van der Waals surface area contributed by atoms with Crippen LogP contribution in [0.4, 0.5) is 5.69 Å². The standard InChI is InChI=1S/C20H18ClNO5/c1-26-15-8-6-13(7-9-15)18(23)12-27-20(25)14-10-19(24)22(11-14)17-5-3-2-4-16(17)21/h2-9,14H,10-12H2,1H3/t14-/m0/s1. The van der Waals surface area contributed by atoms with Gasteiger partial charge in [-0.25, -0.2) is 0 Å². The van der Waals surface area contributed by atoms with Crippen molar-refractivity contribution in [2.45, 2.75) is 6.42 Å². The van der Waals surface area contributed by atoms with Crippen LogP contribution in [0, 0.1) is 5.92 Å². The van der Waals surface area contributed by atoms with Gasteiger partial charge in [-0.15, -0.1) is 0 Å². The van der Waals surface area contributed by atoms with Gasteiger partial charge in [0.25, 0.3) is 0 Å². The van der Waals surface area contributed by atoms with Crippen LogP contribution in [-0.2, 0) is 14.3 Å². The largest absolute Gasteiger partial charge is 0.497 e. The number of nitrogens with zero attached hydrogens (tertiary/aromatic N) is 1. The Labute approximate surface area is 161 Å². The van der Waals surface area contributed by atoms with Crippen LogP contribution in [0.15, 0.2) is 48.5 Å². The number of anilines is 1. The number of hydrogen-bond acceptors (Lipinski definition) is 5. The highest BCUT2D eigenvalue weighted by atomic mass is 35.5. The second kappa shape index (κ2) is 8.22. The van der Waals surface area contributed by atoms with Crippen LogP contribution in [0.2, 0.25) is 5.02 Å². The first-order chi connectivity index (χ1) is 13.0. The Morgan fingerprint density at radius 1 is 1.15 bits per heavy atom. The normalized spacial score (nSPS) is 16.3. The summed E-state index contributed by atoms with van der Waals surface area (Å²) >= 11 is 6.13. The topological polar surface area (TPSA) is 72.9 Å². The van der Waals surface area contributed by atoms with Crippen molar-refractivity contribution in [2.24, 2.45) is 5.92 Å². The summed E-state index contributed by atoms with van der Waals surface area (Å²) in [6.07, 6.45) is 0.0286. The van der Waals surface area contributed by atoms with E-state index in [9.17, 15) is 14.4 Å². The van der Waals surface area contributed by atoms with E-state index in [1.54, 1.807) is 48.5 Å². The molecule has 0 bridgehead atoms. The summed E-state index contributed by atoms with van der Waals surface area (Å²) in [7, 11) is 1.54. The predicted octanol–water partition coefficient (Wildman–Crippen LogP) is 3.13. The smallest absolute Gasteiger partial charge is 0.311 e. The van der Waals surface area contributed by atoms with Crippen LogP contribution in [0.5, 0.6) is 5.75 Å². The fraction of sp³-hybridized carbons (Fsp3) is 0.250. The molecule has 27 heavy (non-hydrogen) atoms. The van der Waals surface area contributed by atoms with Crippen LogP contribution in [-0.4, -0.2) is 37.9 Å². The summed E-state index contributed by atoms with van der Waals surface area (Å²) in [4.78, 5) is 38.1. The van der Waals surface area contributed by atoms with Crippen molar-refractivity contribution in [3.8, 4) is 5.75 Å². The lowest BCUT2D eigenvalue weighted by Crippen LogP contribution is -2.27. The molecule has 7 heteroatoms. The van der Waals surface area contributed by atoms with E-state index in [4.69, 9.17) is 21.1 Å². The Bertz CT molecular complexity index is 865. The zero-order valence-electron chi connectivity index (χ0n) is 14.7. The van der Waals surface area contributed by atoms with E-state index in [1.807, 2.05) is 0 Å². The molecule has 6 nitrogen and oxygen atoms in total. The van der Waals surface area contributed by atoms with Gasteiger partial charge < -0.3 is 14.4 Å². The van der Waals surface area contributed by atoms with E-state index < -0.39 is 11.9 Å². The average Bonchev–Trinajstić information content (AvgIpc) is 3.08. The Balaban J connectivity index is 1.57. The van der Waals surface area contributed by atoms with Gasteiger partial charge in [-0.05, 0) is 36.4 Å². The molecule has 140 valence electrons. The molecule has 1 fully saturated rings. The lowest BCUT2D eigenvalue weighted by atomic mass is 10.1. The minimum absolute atomic E-state index is 0.0286. The van der Waals surface area contributed by atoms with Gasteiger partial charge >= 0.3 is 5.97 Å². The third-order valence-corrected chi connectivity index (χ3v) is 4.68. The molecule has 1 saturated heterocycles. The van der Waals surface area contributed by atoms with Crippen molar-refractivity contribution < 1.29 is 23.9 Å². The molecule has 0 unspecified atom stereocenters. The van der Waals surface area contributed by atoms with E-state index in [-0.39, 0.29) is 31.3 Å². The Morgan fingerprint density at radius 3 is 2.52 bits per heavy atom. The van der Waals surface area contributed by atoms with E-state index >= 15 is 0 Å². The summed E-state index contributed by atoms with van der Waals surface area (Å²) in [5.74, 6) is -1.09. The van der Waals surface area contributed by atoms with Gasteiger partial charge in [0.2, 0.25) is 5.91 Å². The van der Waals surface area contributed by atoms with Gasteiger partial charge in [0, 0.05) is 18.5 Å². The van der Waals surface area contributed by atoms with Crippen LogP contribution in [0.3, 0.4) is 0 Å². The first kappa shape index (κ1) is 18.9. The maximum atomic E-state index is 12.3. The molecule has 0 spiro atoms. The Kier molecular flexibility index (Phi) is 5.76. The minimum atomic E-state index is -0.627. The molecule has 0 saturated carbocycles. The van der Waals surface area contributed by atoms with Gasteiger partial charge in [-0.2, -0.15) is 0 Å². The predicted molar refractivity (Wildman–Crippen MR) is 100 cm³/mol. The number of ether oxygens (including phenoxy) is 2. The second-order valence-corrected chi connectivity index (χ2v) is 6.52. The zero-order chi connectivity index (χ0) is 19.4. The summed E-state index contributed by atoms with van der Waals surface area (Å²) in [5, 5.41) is 0.439. The highest BCUT2D eigenvalue weighted by molar-refractivity contribution is 6.33. The SMILES string of the molecule is COc1ccc(C(=O)COC(=O)[C@H]2CC(=O)N(c3ccccc3Cl)C2)cc1. The number of Topliss-reactive ketones (excluding diaryl/α,β-unsaturated/α-hetero) is 1. The lowest BCUT2D eigenvalue weighted by molar-refractivity contribution is -0.147. The molecule has 0 N–H and O–H groups in total. The molecule has 1 heterocycles. The summed E-state index contributed by atoms with van der Waals surface area (Å²) in [5.41, 5.74) is 0.984. The maximum absolute atomic E-state index is 12.3. The maximum Gasteiger partial charge on any atom is 0.311 e. The third kappa shape index (κ3) is 4.28. The number of amides is 1.